The highest BCUT2D eigenvalue weighted by atomic mass is 127. The van der Waals surface area contributed by atoms with Crippen LogP contribution >= 0.6 is 34.4 Å². The molecule has 0 spiro atoms. The van der Waals surface area contributed by atoms with Gasteiger partial charge < -0.3 is 5.11 Å². The number of amidine groups is 1. The molecule has 0 atom stereocenters. The van der Waals surface area contributed by atoms with Crippen LogP contribution in [0.1, 0.15) is 0 Å². The Morgan fingerprint density at radius 2 is 2.40 bits per heavy atom. The summed E-state index contributed by atoms with van der Waals surface area (Å²) in [6.07, 6.45) is 3.65. The zero-order chi connectivity index (χ0) is 11.3. The van der Waals surface area contributed by atoms with Gasteiger partial charge in [-0.05, 0) is 47.0 Å². The second-order valence-corrected chi connectivity index (χ2v) is 4.45. The summed E-state index contributed by atoms with van der Waals surface area (Å²) in [4.78, 5) is 4.23. The average Bonchev–Trinajstić information content (AvgIpc) is 2.21. The lowest BCUT2D eigenvalue weighted by molar-refractivity contribution is 0.475. The summed E-state index contributed by atoms with van der Waals surface area (Å²) in [5.74, 6) is 0.206. The molecule has 0 saturated carbocycles. The van der Waals surface area contributed by atoms with Crippen LogP contribution in [0.25, 0.3) is 0 Å². The van der Waals surface area contributed by atoms with Crippen molar-refractivity contribution in [1.29, 1.82) is 5.26 Å². The Hall–Kier alpha value is -0.940. The lowest BCUT2D eigenvalue weighted by Gasteiger charge is -2.02. The third-order valence-electron chi connectivity index (χ3n) is 1.51. The molecular weight excluding hydrogens is 325 g/mol. The van der Waals surface area contributed by atoms with Crippen molar-refractivity contribution in [2.75, 3.05) is 6.26 Å². The van der Waals surface area contributed by atoms with Crippen LogP contribution in [0, 0.1) is 15.0 Å². The number of halogens is 1. The van der Waals surface area contributed by atoms with Crippen molar-refractivity contribution in [2.45, 2.75) is 0 Å². The van der Waals surface area contributed by atoms with E-state index in [2.05, 4.69) is 32.9 Å². The van der Waals surface area contributed by atoms with Crippen LogP contribution in [0.15, 0.2) is 23.2 Å². The highest BCUT2D eigenvalue weighted by molar-refractivity contribution is 14.1. The molecule has 0 saturated heterocycles. The predicted molar refractivity (Wildman–Crippen MR) is 70.2 cm³/mol. The zero-order valence-corrected chi connectivity index (χ0v) is 10.8. The Balaban J connectivity index is 3.01. The van der Waals surface area contributed by atoms with E-state index in [1.165, 1.54) is 11.8 Å². The topological polar surface area (TPSA) is 68.4 Å². The number of phenols is 1. The van der Waals surface area contributed by atoms with Crippen LogP contribution < -0.4 is 5.32 Å². The molecule has 0 radical (unpaired) electrons. The Morgan fingerprint density at radius 1 is 1.67 bits per heavy atom. The molecule has 0 heterocycles. The van der Waals surface area contributed by atoms with Gasteiger partial charge in [-0.2, -0.15) is 5.26 Å². The molecule has 0 amide bonds. The molecule has 6 heteroatoms. The first-order chi connectivity index (χ1) is 7.17. The van der Waals surface area contributed by atoms with E-state index >= 15 is 0 Å². The van der Waals surface area contributed by atoms with Crippen molar-refractivity contribution in [1.82, 2.24) is 5.32 Å². The molecule has 0 aliphatic carbocycles. The smallest absolute Gasteiger partial charge is 0.183 e. The fourth-order valence-corrected chi connectivity index (χ4v) is 1.83. The minimum absolute atomic E-state index is 0.206. The summed E-state index contributed by atoms with van der Waals surface area (Å²) in [6, 6.07) is 4.88. The monoisotopic (exact) mass is 333 g/mol. The Bertz CT molecular complexity index is 428. The molecule has 1 rings (SSSR count). The molecule has 0 aromatic heterocycles. The molecule has 78 valence electrons. The number of hydrogen-bond donors (Lipinski definition) is 2. The number of hydrogen-bond acceptors (Lipinski definition) is 4. The lowest BCUT2D eigenvalue weighted by atomic mass is 10.3. The van der Waals surface area contributed by atoms with E-state index in [1.807, 2.05) is 12.4 Å². The number of aromatic hydroxyl groups is 1. The van der Waals surface area contributed by atoms with Crippen LogP contribution in [0.4, 0.5) is 5.69 Å². The SMILES string of the molecule is CSC(=Nc1ccc(O)cc1I)NC#N. The van der Waals surface area contributed by atoms with Gasteiger partial charge in [-0.25, -0.2) is 4.99 Å². The summed E-state index contributed by atoms with van der Waals surface area (Å²) in [6.45, 7) is 0. The quantitative estimate of drug-likeness (QED) is 0.272. The number of nitrogens with zero attached hydrogens (tertiary/aromatic N) is 2. The number of thioether (sulfide) groups is 1. The normalized spacial score (nSPS) is 10.9. The maximum absolute atomic E-state index is 9.21. The number of rotatable bonds is 1. The van der Waals surface area contributed by atoms with Crippen LogP contribution in [-0.2, 0) is 0 Å². The largest absolute Gasteiger partial charge is 0.508 e. The highest BCUT2D eigenvalue weighted by Gasteiger charge is 2.01. The molecule has 1 aromatic carbocycles. The third-order valence-corrected chi connectivity index (χ3v) is 2.95. The van der Waals surface area contributed by atoms with Gasteiger partial charge in [0, 0.05) is 3.57 Å². The van der Waals surface area contributed by atoms with Gasteiger partial charge in [-0.15, -0.1) is 0 Å². The molecule has 1 aromatic rings. The maximum Gasteiger partial charge on any atom is 0.183 e. The second-order valence-electron chi connectivity index (χ2n) is 2.49. The van der Waals surface area contributed by atoms with E-state index in [9.17, 15) is 5.11 Å². The molecule has 0 unspecified atom stereocenters. The first-order valence-corrected chi connectivity index (χ1v) is 6.24. The van der Waals surface area contributed by atoms with Crippen molar-refractivity contribution >= 4 is 45.2 Å². The van der Waals surface area contributed by atoms with Gasteiger partial charge in [0.05, 0.1) is 5.69 Å². The van der Waals surface area contributed by atoms with Gasteiger partial charge in [0.15, 0.2) is 11.4 Å². The van der Waals surface area contributed by atoms with Crippen LogP contribution in [0.3, 0.4) is 0 Å². The first-order valence-electron chi connectivity index (χ1n) is 3.93. The van der Waals surface area contributed by atoms with E-state index in [0.29, 0.717) is 5.17 Å². The van der Waals surface area contributed by atoms with Crippen LogP contribution in [0.5, 0.6) is 5.75 Å². The van der Waals surface area contributed by atoms with Gasteiger partial charge in [0.2, 0.25) is 0 Å². The van der Waals surface area contributed by atoms with Gasteiger partial charge in [0.25, 0.3) is 0 Å². The van der Waals surface area contributed by atoms with E-state index in [1.54, 1.807) is 18.2 Å². The number of nitrogens with one attached hydrogen (secondary N) is 1. The van der Waals surface area contributed by atoms with Crippen molar-refractivity contribution in [3.05, 3.63) is 21.8 Å². The molecule has 15 heavy (non-hydrogen) atoms. The average molecular weight is 333 g/mol. The van der Waals surface area contributed by atoms with Crippen molar-refractivity contribution < 1.29 is 5.11 Å². The maximum atomic E-state index is 9.21. The van der Waals surface area contributed by atoms with E-state index < -0.39 is 0 Å². The Kier molecular flexibility index (Phi) is 4.71. The molecule has 0 bridgehead atoms. The fraction of sp³-hybridized carbons (Fsp3) is 0.111. The number of benzene rings is 1. The van der Waals surface area contributed by atoms with E-state index in [0.717, 1.165) is 9.26 Å². The predicted octanol–water partition coefficient (Wildman–Crippen LogP) is 2.42. The lowest BCUT2D eigenvalue weighted by Crippen LogP contribution is -2.12. The summed E-state index contributed by atoms with van der Waals surface area (Å²) in [5.41, 5.74) is 0.723. The minimum atomic E-state index is 0.206. The van der Waals surface area contributed by atoms with E-state index in [-0.39, 0.29) is 5.75 Å². The number of phenolic OH excluding ortho intramolecular Hbond substituents is 1. The van der Waals surface area contributed by atoms with Gasteiger partial charge >= 0.3 is 0 Å². The van der Waals surface area contributed by atoms with Crippen molar-refractivity contribution in [2.24, 2.45) is 4.99 Å². The van der Waals surface area contributed by atoms with Crippen molar-refractivity contribution in [3.8, 4) is 11.9 Å². The van der Waals surface area contributed by atoms with Gasteiger partial charge in [0.1, 0.15) is 5.75 Å². The number of nitriles is 1. The summed E-state index contributed by atoms with van der Waals surface area (Å²) >= 11 is 3.43. The van der Waals surface area contributed by atoms with Crippen molar-refractivity contribution in [3.63, 3.8) is 0 Å². The molecule has 0 aliphatic heterocycles. The minimum Gasteiger partial charge on any atom is -0.508 e. The molecule has 0 aliphatic rings. The van der Waals surface area contributed by atoms with Crippen LogP contribution in [0.2, 0.25) is 0 Å². The van der Waals surface area contributed by atoms with E-state index in [4.69, 9.17) is 5.26 Å². The zero-order valence-electron chi connectivity index (χ0n) is 7.86. The van der Waals surface area contributed by atoms with Gasteiger partial charge in [-0.1, -0.05) is 11.8 Å². The molecule has 0 fully saturated rings. The molecular formula is C9H8IN3OS. The summed E-state index contributed by atoms with van der Waals surface area (Å²) in [7, 11) is 0. The van der Waals surface area contributed by atoms with Crippen LogP contribution in [-0.4, -0.2) is 16.5 Å². The Labute approximate surface area is 106 Å². The molecule has 4 nitrogen and oxygen atoms in total. The second kappa shape index (κ2) is 5.82. The highest BCUT2D eigenvalue weighted by Crippen LogP contribution is 2.25. The Morgan fingerprint density at radius 3 is 2.93 bits per heavy atom. The third kappa shape index (κ3) is 3.60. The number of aliphatic imine (C=N–C) groups is 1. The fourth-order valence-electron chi connectivity index (χ4n) is 0.868. The summed E-state index contributed by atoms with van der Waals surface area (Å²) in [5, 5.41) is 20.7. The standard InChI is InChI=1S/C9H8IN3OS/c1-15-9(12-5-11)13-8-3-2-6(14)4-7(8)10/h2-4,14H,1H3,(H,12,13). The van der Waals surface area contributed by atoms with Gasteiger partial charge in [-0.3, -0.25) is 5.32 Å². The molecule has 2 N–H and O–H groups in total. The summed E-state index contributed by atoms with van der Waals surface area (Å²) < 4.78 is 0.832. The first kappa shape index (κ1) is 12.1.